The number of hydrogen-bond acceptors (Lipinski definition) is 7. The van der Waals surface area contributed by atoms with Crippen LogP contribution in [-0.2, 0) is 24.0 Å². The van der Waals surface area contributed by atoms with Crippen molar-refractivity contribution in [2.24, 2.45) is 5.92 Å². The molecule has 0 bridgehead atoms. The molecule has 13 heteroatoms. The summed E-state index contributed by atoms with van der Waals surface area (Å²) in [5, 5.41) is 10.8. The van der Waals surface area contributed by atoms with E-state index in [4.69, 9.17) is 4.74 Å². The Morgan fingerprint density at radius 1 is 0.976 bits per heavy atom. The number of carbonyl (C=O) groups excluding carboxylic acids is 6. The van der Waals surface area contributed by atoms with Gasteiger partial charge in [0.25, 0.3) is 5.91 Å². The van der Waals surface area contributed by atoms with Crippen LogP contribution in [0.25, 0.3) is 0 Å². The molecule has 13 nitrogen and oxygen atoms in total. The molecule has 2 aliphatic rings. The lowest BCUT2D eigenvalue weighted by Gasteiger charge is -2.30. The number of hydrogen-bond donors (Lipinski definition) is 4. The molecule has 0 saturated carbocycles. The van der Waals surface area contributed by atoms with E-state index in [1.165, 1.54) is 31.7 Å². The van der Waals surface area contributed by atoms with Crippen molar-refractivity contribution < 1.29 is 33.5 Å². The smallest absolute Gasteiger partial charge is 0.255 e. The molecule has 3 rings (SSSR count). The molecule has 6 amide bonds. The van der Waals surface area contributed by atoms with E-state index in [9.17, 15) is 28.8 Å². The molecule has 2 atom stereocenters. The summed E-state index contributed by atoms with van der Waals surface area (Å²) in [5.41, 5.74) is -1.28. The van der Waals surface area contributed by atoms with E-state index in [-0.39, 0.29) is 42.8 Å². The van der Waals surface area contributed by atoms with Gasteiger partial charge in [-0.05, 0) is 38.3 Å². The third-order valence-electron chi connectivity index (χ3n) is 7.29. The number of nitrogens with zero attached hydrogens (tertiary/aromatic N) is 2. The molecule has 0 spiro atoms. The van der Waals surface area contributed by atoms with E-state index in [1.807, 2.05) is 0 Å². The summed E-state index contributed by atoms with van der Waals surface area (Å²) in [4.78, 5) is 81.5. The molecule has 0 aromatic heterocycles. The Hall–Kier alpha value is -4.16. The molecule has 0 unspecified atom stereocenters. The van der Waals surface area contributed by atoms with Crippen LogP contribution in [0.1, 0.15) is 57.8 Å². The second-order valence-electron chi connectivity index (χ2n) is 11.4. The van der Waals surface area contributed by atoms with Crippen LogP contribution in [0.3, 0.4) is 0 Å². The molecule has 1 aromatic carbocycles. The molecule has 2 heterocycles. The van der Waals surface area contributed by atoms with E-state index in [2.05, 4.69) is 21.3 Å². The van der Waals surface area contributed by atoms with Crippen molar-refractivity contribution in [1.82, 2.24) is 31.1 Å². The summed E-state index contributed by atoms with van der Waals surface area (Å²) in [6.45, 7) is 9.63. The minimum atomic E-state index is -1.43. The first-order chi connectivity index (χ1) is 19.8. The minimum absolute atomic E-state index is 0.0448. The van der Waals surface area contributed by atoms with Gasteiger partial charge < -0.3 is 35.8 Å². The predicted octanol–water partition coefficient (Wildman–Crippen LogP) is -0.200. The number of rotatable bonds is 2. The van der Waals surface area contributed by atoms with Crippen molar-refractivity contribution >= 4 is 35.4 Å². The zero-order valence-electron chi connectivity index (χ0n) is 25.0. The maximum absolute atomic E-state index is 13.7. The monoisotopic (exact) mass is 586 g/mol. The molecular formula is C29H42N6O7. The molecule has 230 valence electrons. The lowest BCUT2D eigenvalue weighted by Crippen LogP contribution is -2.61. The molecule has 2 aliphatic heterocycles. The SMILES string of the molecule is CC(=O)N1CCCN(C(=O)[C@@H]2CC(=O)NC(C)(C)C(=O)N[C@H](C(C)C)C(=O)NCCOc3ccccc3C(=O)N2)CC1. The summed E-state index contributed by atoms with van der Waals surface area (Å²) < 4.78 is 5.79. The lowest BCUT2D eigenvalue weighted by atomic mass is 9.99. The second-order valence-corrected chi connectivity index (χ2v) is 11.4. The third-order valence-corrected chi connectivity index (χ3v) is 7.29. The minimum Gasteiger partial charge on any atom is -0.491 e. The normalized spacial score (nSPS) is 22.8. The molecule has 0 aliphatic carbocycles. The van der Waals surface area contributed by atoms with E-state index < -0.39 is 53.6 Å². The van der Waals surface area contributed by atoms with Gasteiger partial charge in [-0.1, -0.05) is 26.0 Å². The summed E-state index contributed by atoms with van der Waals surface area (Å²) in [6.07, 6.45) is 0.108. The van der Waals surface area contributed by atoms with Gasteiger partial charge in [0, 0.05) is 33.1 Å². The van der Waals surface area contributed by atoms with Gasteiger partial charge >= 0.3 is 0 Å². The number of fused-ring (bicyclic) bond motifs is 1. The Morgan fingerprint density at radius 3 is 2.33 bits per heavy atom. The Labute approximate surface area is 246 Å². The van der Waals surface area contributed by atoms with Gasteiger partial charge in [0.2, 0.25) is 29.5 Å². The van der Waals surface area contributed by atoms with Crippen LogP contribution in [0.5, 0.6) is 5.75 Å². The number of ether oxygens (including phenoxy) is 1. The largest absolute Gasteiger partial charge is 0.491 e. The first-order valence-corrected chi connectivity index (χ1v) is 14.3. The Morgan fingerprint density at radius 2 is 1.64 bits per heavy atom. The number of benzene rings is 1. The third kappa shape index (κ3) is 8.43. The standard InChI is InChI=1S/C29H42N6O7/c1-18(2)24-26(39)30-11-16-42-22-10-7-6-9-20(22)25(38)31-21(17-23(37)33-29(4,5)28(41)32-24)27(40)35-13-8-12-34(14-15-35)19(3)36/h6-7,9-10,18,21,24H,8,11-17H2,1-5H3,(H,30,39)(H,31,38)(H,32,41)(H,33,37)/t21-,24+/m0/s1. The molecule has 1 saturated heterocycles. The summed E-state index contributed by atoms with van der Waals surface area (Å²) in [7, 11) is 0. The predicted molar refractivity (Wildman–Crippen MR) is 153 cm³/mol. The van der Waals surface area contributed by atoms with Crippen LogP contribution < -0.4 is 26.0 Å². The highest BCUT2D eigenvalue weighted by molar-refractivity contribution is 6.01. The summed E-state index contributed by atoms with van der Waals surface area (Å²) >= 11 is 0. The number of para-hydroxylation sites is 1. The maximum atomic E-state index is 13.7. The molecular weight excluding hydrogens is 544 g/mol. The highest BCUT2D eigenvalue weighted by atomic mass is 16.5. The van der Waals surface area contributed by atoms with Crippen LogP contribution in [0.15, 0.2) is 24.3 Å². The first kappa shape index (κ1) is 32.4. The average Bonchev–Trinajstić information content (AvgIpc) is 3.19. The highest BCUT2D eigenvalue weighted by Gasteiger charge is 2.36. The van der Waals surface area contributed by atoms with Crippen LogP contribution in [-0.4, -0.2) is 102 Å². The zero-order valence-corrected chi connectivity index (χ0v) is 25.0. The molecule has 42 heavy (non-hydrogen) atoms. The zero-order chi connectivity index (χ0) is 31.0. The van der Waals surface area contributed by atoms with E-state index >= 15 is 0 Å². The highest BCUT2D eigenvalue weighted by Crippen LogP contribution is 2.19. The van der Waals surface area contributed by atoms with Crippen molar-refractivity contribution in [3.63, 3.8) is 0 Å². The van der Waals surface area contributed by atoms with Gasteiger partial charge in [-0.3, -0.25) is 28.8 Å². The van der Waals surface area contributed by atoms with E-state index in [1.54, 1.807) is 36.9 Å². The van der Waals surface area contributed by atoms with Crippen LogP contribution in [0.2, 0.25) is 0 Å². The Kier molecular flexibility index (Phi) is 10.9. The lowest BCUT2D eigenvalue weighted by molar-refractivity contribution is -0.138. The van der Waals surface area contributed by atoms with Crippen molar-refractivity contribution in [2.75, 3.05) is 39.3 Å². The van der Waals surface area contributed by atoms with Gasteiger partial charge in [0.05, 0.1) is 18.5 Å². The number of carbonyl (C=O) groups is 6. The molecule has 4 N–H and O–H groups in total. The number of nitrogens with one attached hydrogen (secondary N) is 4. The summed E-state index contributed by atoms with van der Waals surface area (Å²) in [6, 6.07) is 4.35. The van der Waals surface area contributed by atoms with Crippen LogP contribution in [0, 0.1) is 5.92 Å². The maximum Gasteiger partial charge on any atom is 0.255 e. The van der Waals surface area contributed by atoms with Gasteiger partial charge in [-0.2, -0.15) is 0 Å². The van der Waals surface area contributed by atoms with Gasteiger partial charge in [0.1, 0.15) is 30.0 Å². The first-order valence-electron chi connectivity index (χ1n) is 14.3. The van der Waals surface area contributed by atoms with E-state index in [0.29, 0.717) is 26.1 Å². The molecule has 1 aromatic rings. The van der Waals surface area contributed by atoms with E-state index in [0.717, 1.165) is 0 Å². The van der Waals surface area contributed by atoms with Gasteiger partial charge in [0.15, 0.2) is 0 Å². The Bertz CT molecular complexity index is 1200. The van der Waals surface area contributed by atoms with Gasteiger partial charge in [-0.25, -0.2) is 0 Å². The van der Waals surface area contributed by atoms with Crippen molar-refractivity contribution in [3.05, 3.63) is 29.8 Å². The number of amides is 6. The topological polar surface area (TPSA) is 166 Å². The van der Waals surface area contributed by atoms with Crippen molar-refractivity contribution in [2.45, 2.75) is 65.1 Å². The van der Waals surface area contributed by atoms with Gasteiger partial charge in [-0.15, -0.1) is 0 Å². The molecule has 0 radical (unpaired) electrons. The van der Waals surface area contributed by atoms with Crippen molar-refractivity contribution in [1.29, 1.82) is 0 Å². The van der Waals surface area contributed by atoms with Crippen LogP contribution >= 0.6 is 0 Å². The second kappa shape index (κ2) is 14.1. The fourth-order valence-electron chi connectivity index (χ4n) is 4.83. The fourth-order valence-corrected chi connectivity index (χ4v) is 4.83. The quantitative estimate of drug-likeness (QED) is 0.372. The molecule has 1 fully saturated rings. The average molecular weight is 587 g/mol. The summed E-state index contributed by atoms with van der Waals surface area (Å²) in [5.74, 6) is -2.84. The fraction of sp³-hybridized carbons (Fsp3) is 0.586. The van der Waals surface area contributed by atoms with Crippen molar-refractivity contribution in [3.8, 4) is 5.75 Å². The Balaban J connectivity index is 1.92. The van der Waals surface area contributed by atoms with Crippen LogP contribution in [0.4, 0.5) is 0 Å².